The molecule has 5 atom stereocenters. The van der Waals surface area contributed by atoms with Crippen LogP contribution in [-0.4, -0.2) is 95.2 Å². The molecule has 0 aliphatic carbocycles. The van der Waals surface area contributed by atoms with Crippen molar-refractivity contribution in [1.82, 2.24) is 35.9 Å². The second-order valence-corrected chi connectivity index (χ2v) is 7.95. The molecule has 2 rings (SSSR count). The average molecular weight is 508 g/mol. The molecule has 2 aromatic heterocycles. The van der Waals surface area contributed by atoms with E-state index in [0.29, 0.717) is 11.4 Å². The van der Waals surface area contributed by atoms with Gasteiger partial charge in [0.15, 0.2) is 0 Å². The smallest absolute Gasteiger partial charge is 0.326 e. The molecular formula is C20H28N8O8. The molecule has 10 N–H and O–H groups in total. The largest absolute Gasteiger partial charge is 0.481 e. The van der Waals surface area contributed by atoms with Crippen LogP contribution in [0.1, 0.15) is 24.7 Å². The molecule has 0 saturated carbocycles. The molecule has 0 aromatic carbocycles. The zero-order valence-electron chi connectivity index (χ0n) is 19.2. The lowest BCUT2D eigenvalue weighted by atomic mass is 10.1. The Labute approximate surface area is 204 Å². The van der Waals surface area contributed by atoms with Crippen molar-refractivity contribution in [3.8, 4) is 0 Å². The molecule has 0 bridgehead atoms. The summed E-state index contributed by atoms with van der Waals surface area (Å²) in [5, 5.41) is 35.0. The molecule has 16 nitrogen and oxygen atoms in total. The Balaban J connectivity index is 2.18. The number of aromatic nitrogens is 4. The summed E-state index contributed by atoms with van der Waals surface area (Å²) in [5.74, 6) is -5.71. The maximum Gasteiger partial charge on any atom is 0.326 e. The first-order chi connectivity index (χ1) is 17.0. The summed E-state index contributed by atoms with van der Waals surface area (Å²) in [6, 6.07) is -5.83. The number of nitrogens with one attached hydrogen (secondary N) is 5. The summed E-state index contributed by atoms with van der Waals surface area (Å²) in [6.07, 6.45) is 2.99. The lowest BCUT2D eigenvalue weighted by Gasteiger charge is -2.24. The normalized spacial score (nSPS) is 15.1. The van der Waals surface area contributed by atoms with E-state index in [9.17, 15) is 39.3 Å². The van der Waals surface area contributed by atoms with E-state index < -0.39 is 66.4 Å². The Hall–Kier alpha value is -4.31. The van der Waals surface area contributed by atoms with Gasteiger partial charge in [-0.3, -0.25) is 19.2 Å². The lowest BCUT2D eigenvalue weighted by molar-refractivity contribution is -0.143. The van der Waals surface area contributed by atoms with Crippen molar-refractivity contribution >= 4 is 29.7 Å². The van der Waals surface area contributed by atoms with Crippen LogP contribution in [0.2, 0.25) is 0 Å². The molecule has 36 heavy (non-hydrogen) atoms. The summed E-state index contributed by atoms with van der Waals surface area (Å²) < 4.78 is 0. The molecule has 0 aliphatic rings. The monoisotopic (exact) mass is 508 g/mol. The van der Waals surface area contributed by atoms with Gasteiger partial charge in [0.25, 0.3) is 0 Å². The number of imidazole rings is 2. The number of aliphatic carboxylic acids is 2. The maximum absolute atomic E-state index is 13.0. The second-order valence-electron chi connectivity index (χ2n) is 7.95. The number of amides is 3. The zero-order chi connectivity index (χ0) is 26.8. The molecule has 0 fully saturated rings. The summed E-state index contributed by atoms with van der Waals surface area (Å²) in [5.41, 5.74) is 6.44. The fourth-order valence-corrected chi connectivity index (χ4v) is 3.06. The molecule has 196 valence electrons. The van der Waals surface area contributed by atoms with Gasteiger partial charge in [-0.1, -0.05) is 0 Å². The number of carboxylic acids is 2. The number of hydrogen-bond acceptors (Lipinski definition) is 9. The average Bonchev–Trinajstić information content (AvgIpc) is 3.50. The minimum atomic E-state index is -1.68. The van der Waals surface area contributed by atoms with Crippen molar-refractivity contribution in [3.05, 3.63) is 36.4 Å². The standard InChI is InChI=1S/C20H28N8O8/c1-9(29)16(21)19(34)27-12(2-10-5-22-7-24-10)17(32)26-13(4-15(30)31)18(33)28-14(20(35)36)3-11-6-23-8-25-11/h5-9,12-14,16,29H,2-4,21H2,1H3,(H,22,24)(H,23,25)(H,26,32)(H,27,34)(H,28,33)(H,30,31)(H,35,36). The van der Waals surface area contributed by atoms with Crippen molar-refractivity contribution in [2.24, 2.45) is 5.73 Å². The minimum Gasteiger partial charge on any atom is -0.481 e. The molecule has 5 unspecified atom stereocenters. The van der Waals surface area contributed by atoms with Crippen molar-refractivity contribution in [2.75, 3.05) is 0 Å². The topological polar surface area (TPSA) is 266 Å². The van der Waals surface area contributed by atoms with Gasteiger partial charge in [0, 0.05) is 36.6 Å². The highest BCUT2D eigenvalue weighted by Crippen LogP contribution is 2.05. The summed E-state index contributed by atoms with van der Waals surface area (Å²) in [6.45, 7) is 1.28. The molecule has 2 heterocycles. The number of nitrogens with zero attached hydrogens (tertiary/aromatic N) is 2. The highest BCUT2D eigenvalue weighted by molar-refractivity contribution is 5.95. The summed E-state index contributed by atoms with van der Waals surface area (Å²) in [4.78, 5) is 74.1. The van der Waals surface area contributed by atoms with E-state index in [2.05, 4.69) is 35.9 Å². The van der Waals surface area contributed by atoms with Gasteiger partial charge in [0.1, 0.15) is 24.2 Å². The van der Waals surface area contributed by atoms with Crippen LogP contribution in [0.25, 0.3) is 0 Å². The Kier molecular flexibility index (Phi) is 10.1. The molecular weight excluding hydrogens is 480 g/mol. The van der Waals surface area contributed by atoms with Crippen LogP contribution in [0.5, 0.6) is 0 Å². The number of carbonyl (C=O) groups excluding carboxylic acids is 3. The number of rotatable bonds is 14. The summed E-state index contributed by atoms with van der Waals surface area (Å²) in [7, 11) is 0. The molecule has 0 saturated heterocycles. The highest BCUT2D eigenvalue weighted by Gasteiger charge is 2.32. The first-order valence-electron chi connectivity index (χ1n) is 10.7. The number of aliphatic hydroxyl groups excluding tert-OH is 1. The number of hydrogen-bond donors (Lipinski definition) is 9. The third-order valence-corrected chi connectivity index (χ3v) is 5.04. The maximum atomic E-state index is 13.0. The van der Waals surface area contributed by atoms with E-state index in [1.165, 1.54) is 32.0 Å². The first kappa shape index (κ1) is 27.9. The Morgan fingerprint density at radius 2 is 1.33 bits per heavy atom. The van der Waals surface area contributed by atoms with Gasteiger partial charge in [0.05, 0.1) is 25.2 Å². The van der Waals surface area contributed by atoms with E-state index in [0.717, 1.165) is 0 Å². The lowest BCUT2D eigenvalue weighted by Crippen LogP contribution is -2.59. The van der Waals surface area contributed by atoms with Crippen LogP contribution in [0.3, 0.4) is 0 Å². The zero-order valence-corrected chi connectivity index (χ0v) is 19.2. The van der Waals surface area contributed by atoms with Gasteiger partial charge >= 0.3 is 11.9 Å². The SMILES string of the molecule is CC(O)C(N)C(=O)NC(Cc1cnc[nH]1)C(=O)NC(CC(=O)O)C(=O)NC(Cc1cnc[nH]1)C(=O)O. The number of aromatic amines is 2. The van der Waals surface area contributed by atoms with Gasteiger partial charge in [-0.05, 0) is 6.92 Å². The summed E-state index contributed by atoms with van der Waals surface area (Å²) >= 11 is 0. The molecule has 3 amide bonds. The third kappa shape index (κ3) is 8.48. The van der Waals surface area contributed by atoms with Gasteiger partial charge in [-0.25, -0.2) is 14.8 Å². The van der Waals surface area contributed by atoms with Gasteiger partial charge in [-0.15, -0.1) is 0 Å². The molecule has 2 aromatic rings. The van der Waals surface area contributed by atoms with Gasteiger partial charge in [-0.2, -0.15) is 0 Å². The van der Waals surface area contributed by atoms with Crippen LogP contribution in [0.15, 0.2) is 25.0 Å². The Morgan fingerprint density at radius 1 is 0.861 bits per heavy atom. The molecule has 0 spiro atoms. The van der Waals surface area contributed by atoms with E-state index in [4.69, 9.17) is 5.73 Å². The number of nitrogens with two attached hydrogens (primary N) is 1. The van der Waals surface area contributed by atoms with Crippen LogP contribution in [-0.2, 0) is 36.8 Å². The van der Waals surface area contributed by atoms with Crippen LogP contribution < -0.4 is 21.7 Å². The van der Waals surface area contributed by atoms with Crippen LogP contribution in [0, 0.1) is 0 Å². The Morgan fingerprint density at radius 3 is 1.78 bits per heavy atom. The number of carboxylic acid groups (broad SMARTS) is 2. The molecule has 0 radical (unpaired) electrons. The Bertz CT molecular complexity index is 1040. The van der Waals surface area contributed by atoms with Crippen molar-refractivity contribution in [2.45, 2.75) is 56.5 Å². The first-order valence-corrected chi connectivity index (χ1v) is 10.7. The fourth-order valence-electron chi connectivity index (χ4n) is 3.06. The van der Waals surface area contributed by atoms with Crippen LogP contribution >= 0.6 is 0 Å². The van der Waals surface area contributed by atoms with Gasteiger partial charge in [0.2, 0.25) is 17.7 Å². The second kappa shape index (κ2) is 13.0. The van der Waals surface area contributed by atoms with Gasteiger partial charge < -0.3 is 47.0 Å². The molecule has 16 heteroatoms. The quantitative estimate of drug-likeness (QED) is 0.122. The molecule has 0 aliphatic heterocycles. The van der Waals surface area contributed by atoms with E-state index in [-0.39, 0.29) is 12.8 Å². The van der Waals surface area contributed by atoms with E-state index >= 15 is 0 Å². The predicted molar refractivity (Wildman–Crippen MR) is 120 cm³/mol. The minimum absolute atomic E-state index is 0.136. The highest BCUT2D eigenvalue weighted by atomic mass is 16.4. The van der Waals surface area contributed by atoms with Crippen molar-refractivity contribution in [1.29, 1.82) is 0 Å². The van der Waals surface area contributed by atoms with E-state index in [1.54, 1.807) is 0 Å². The number of H-pyrrole nitrogens is 2. The van der Waals surface area contributed by atoms with E-state index in [1.807, 2.05) is 0 Å². The fraction of sp³-hybridized carbons (Fsp3) is 0.450. The number of aliphatic hydroxyl groups is 1. The number of carbonyl (C=O) groups is 5. The third-order valence-electron chi connectivity index (χ3n) is 5.04. The predicted octanol–water partition coefficient (Wildman–Crippen LogP) is -3.36. The van der Waals surface area contributed by atoms with Crippen molar-refractivity contribution < 1.29 is 39.3 Å². The van der Waals surface area contributed by atoms with Crippen molar-refractivity contribution in [3.63, 3.8) is 0 Å². The van der Waals surface area contributed by atoms with Crippen LogP contribution in [0.4, 0.5) is 0 Å².